The van der Waals surface area contributed by atoms with Gasteiger partial charge in [0.15, 0.2) is 0 Å². The number of hydrogen-bond acceptors (Lipinski definition) is 6. The number of aromatic nitrogens is 2. The minimum atomic E-state index is -0.0900. The molecule has 21 heavy (non-hydrogen) atoms. The Balaban J connectivity index is 2.07. The Morgan fingerprint density at radius 1 is 1.33 bits per heavy atom. The maximum Gasteiger partial charge on any atom is 0.239 e. The second-order valence-electron chi connectivity index (χ2n) is 5.47. The molecule has 0 saturated heterocycles. The van der Waals surface area contributed by atoms with Crippen LogP contribution in [-0.2, 0) is 0 Å². The largest absolute Gasteiger partial charge is 0.476 e. The number of pyridine rings is 1. The van der Waals surface area contributed by atoms with Crippen molar-refractivity contribution in [2.75, 3.05) is 17.7 Å². The number of ether oxygens (including phenoxy) is 1. The summed E-state index contributed by atoms with van der Waals surface area (Å²) >= 11 is 0. The summed E-state index contributed by atoms with van der Waals surface area (Å²) in [6.45, 7) is 8.55. The van der Waals surface area contributed by atoms with Crippen molar-refractivity contribution in [2.24, 2.45) is 5.92 Å². The lowest BCUT2D eigenvalue weighted by atomic mass is 10.2. The van der Waals surface area contributed by atoms with Crippen LogP contribution in [0.25, 0.3) is 0 Å². The third-order valence-electron chi connectivity index (χ3n) is 2.82. The van der Waals surface area contributed by atoms with Gasteiger partial charge in [0.2, 0.25) is 11.8 Å². The highest BCUT2D eigenvalue weighted by Crippen LogP contribution is 2.24. The second kappa shape index (κ2) is 6.47. The summed E-state index contributed by atoms with van der Waals surface area (Å²) in [5.74, 6) is 2.94. The molecule has 0 aliphatic carbocycles. The molecule has 1 atom stereocenters. The number of oxazole rings is 1. The van der Waals surface area contributed by atoms with Crippen LogP contribution in [0.1, 0.15) is 38.5 Å². The number of aryl methyl sites for hydroxylation is 1. The zero-order valence-electron chi connectivity index (χ0n) is 12.9. The lowest BCUT2D eigenvalue weighted by molar-refractivity contribution is 0.263. The van der Waals surface area contributed by atoms with E-state index in [9.17, 15) is 0 Å². The van der Waals surface area contributed by atoms with Gasteiger partial charge in [-0.15, -0.1) is 0 Å². The van der Waals surface area contributed by atoms with E-state index in [1.54, 1.807) is 12.3 Å². The molecule has 0 saturated carbocycles. The highest BCUT2D eigenvalue weighted by Gasteiger charge is 2.13. The van der Waals surface area contributed by atoms with Crippen LogP contribution in [-0.4, -0.2) is 16.6 Å². The molecule has 6 nitrogen and oxygen atoms in total. The molecule has 2 heterocycles. The first-order valence-electron chi connectivity index (χ1n) is 7.04. The van der Waals surface area contributed by atoms with Crippen molar-refractivity contribution >= 4 is 11.5 Å². The minimum absolute atomic E-state index is 0.0900. The lowest BCUT2D eigenvalue weighted by Gasteiger charge is -2.14. The van der Waals surface area contributed by atoms with E-state index in [-0.39, 0.29) is 6.04 Å². The van der Waals surface area contributed by atoms with E-state index in [0.717, 1.165) is 5.76 Å². The maximum atomic E-state index is 5.87. The monoisotopic (exact) mass is 290 g/mol. The number of rotatable bonds is 6. The van der Waals surface area contributed by atoms with Crippen LogP contribution in [0.4, 0.5) is 11.5 Å². The molecule has 0 aromatic carbocycles. The average molecular weight is 290 g/mol. The highest BCUT2D eigenvalue weighted by molar-refractivity contribution is 5.53. The van der Waals surface area contributed by atoms with Gasteiger partial charge in [0, 0.05) is 0 Å². The minimum Gasteiger partial charge on any atom is -0.476 e. The van der Waals surface area contributed by atoms with Gasteiger partial charge in [-0.2, -0.15) is 4.98 Å². The fourth-order valence-corrected chi connectivity index (χ4v) is 1.75. The molecule has 3 N–H and O–H groups in total. The van der Waals surface area contributed by atoms with Crippen molar-refractivity contribution in [2.45, 2.75) is 33.7 Å². The second-order valence-corrected chi connectivity index (χ2v) is 5.47. The van der Waals surface area contributed by atoms with E-state index in [4.69, 9.17) is 14.9 Å². The maximum absolute atomic E-state index is 5.87. The van der Waals surface area contributed by atoms with Crippen LogP contribution < -0.4 is 15.8 Å². The van der Waals surface area contributed by atoms with Crippen molar-refractivity contribution in [3.05, 3.63) is 30.0 Å². The van der Waals surface area contributed by atoms with Gasteiger partial charge in [0.05, 0.1) is 18.5 Å². The smallest absolute Gasteiger partial charge is 0.239 e. The molecule has 0 spiro atoms. The fourth-order valence-electron chi connectivity index (χ4n) is 1.75. The van der Waals surface area contributed by atoms with Gasteiger partial charge < -0.3 is 20.2 Å². The van der Waals surface area contributed by atoms with Gasteiger partial charge in [0.25, 0.3) is 0 Å². The Morgan fingerprint density at radius 3 is 2.71 bits per heavy atom. The number of nitrogen functional groups attached to an aromatic ring is 1. The summed E-state index contributed by atoms with van der Waals surface area (Å²) < 4.78 is 11.1. The van der Waals surface area contributed by atoms with E-state index >= 15 is 0 Å². The number of nitrogens with zero attached hydrogens (tertiary/aromatic N) is 2. The Labute approximate surface area is 124 Å². The van der Waals surface area contributed by atoms with Crippen molar-refractivity contribution < 1.29 is 9.15 Å². The first-order valence-corrected chi connectivity index (χ1v) is 7.04. The Bertz CT molecular complexity index is 595. The lowest BCUT2D eigenvalue weighted by Crippen LogP contribution is -2.11. The van der Waals surface area contributed by atoms with E-state index in [0.29, 0.717) is 35.8 Å². The molecular formula is C15H22N4O2. The van der Waals surface area contributed by atoms with Gasteiger partial charge in [-0.3, -0.25) is 0 Å². The van der Waals surface area contributed by atoms with Crippen molar-refractivity contribution in [3.8, 4) is 5.88 Å². The number of anilines is 2. The third-order valence-corrected chi connectivity index (χ3v) is 2.82. The molecule has 2 aromatic heterocycles. The predicted molar refractivity (Wildman–Crippen MR) is 82.3 cm³/mol. The first kappa shape index (κ1) is 15.2. The SMILES string of the molecule is Cc1cnc(C(C)Nc2ccc(N)c(OCC(C)C)n2)o1. The van der Waals surface area contributed by atoms with Crippen molar-refractivity contribution in [1.82, 2.24) is 9.97 Å². The van der Waals surface area contributed by atoms with Crippen molar-refractivity contribution in [1.29, 1.82) is 0 Å². The van der Waals surface area contributed by atoms with Crippen molar-refractivity contribution in [3.63, 3.8) is 0 Å². The number of nitrogens with one attached hydrogen (secondary N) is 1. The van der Waals surface area contributed by atoms with Crippen LogP contribution in [0.15, 0.2) is 22.7 Å². The van der Waals surface area contributed by atoms with E-state index < -0.39 is 0 Å². The standard InChI is InChI=1S/C15H22N4O2/c1-9(2)8-20-15-12(16)5-6-13(19-15)18-11(4)14-17-7-10(3)21-14/h5-7,9,11H,8,16H2,1-4H3,(H,18,19). The molecule has 6 heteroatoms. The average Bonchev–Trinajstić information content (AvgIpc) is 2.86. The van der Waals surface area contributed by atoms with Crippen LogP contribution in [0.3, 0.4) is 0 Å². The fraction of sp³-hybridized carbons (Fsp3) is 0.467. The van der Waals surface area contributed by atoms with E-state index in [1.165, 1.54) is 0 Å². The van der Waals surface area contributed by atoms with Gasteiger partial charge >= 0.3 is 0 Å². The van der Waals surface area contributed by atoms with Crippen LogP contribution in [0.2, 0.25) is 0 Å². The summed E-state index contributed by atoms with van der Waals surface area (Å²) in [5, 5.41) is 3.22. The quantitative estimate of drug-likeness (QED) is 0.849. The molecule has 0 radical (unpaired) electrons. The molecular weight excluding hydrogens is 268 g/mol. The first-order chi connectivity index (χ1) is 9.95. The number of hydrogen-bond donors (Lipinski definition) is 2. The summed E-state index contributed by atoms with van der Waals surface area (Å²) in [6.07, 6.45) is 1.70. The highest BCUT2D eigenvalue weighted by atomic mass is 16.5. The van der Waals surface area contributed by atoms with Gasteiger partial charge in [-0.25, -0.2) is 4.98 Å². The van der Waals surface area contributed by atoms with Gasteiger partial charge in [-0.1, -0.05) is 13.8 Å². The summed E-state index contributed by atoms with van der Waals surface area (Å²) in [7, 11) is 0. The molecule has 1 unspecified atom stereocenters. The summed E-state index contributed by atoms with van der Waals surface area (Å²) in [5.41, 5.74) is 6.40. The third kappa shape index (κ3) is 4.11. The molecule has 0 aliphatic rings. The molecule has 0 amide bonds. The van der Waals surface area contributed by atoms with E-state index in [1.807, 2.05) is 19.9 Å². The summed E-state index contributed by atoms with van der Waals surface area (Å²) in [6, 6.07) is 3.50. The Hall–Kier alpha value is -2.24. The zero-order chi connectivity index (χ0) is 15.4. The zero-order valence-corrected chi connectivity index (χ0v) is 12.9. The number of nitrogens with two attached hydrogens (primary N) is 1. The van der Waals surface area contributed by atoms with Gasteiger partial charge in [-0.05, 0) is 31.9 Å². The molecule has 2 rings (SSSR count). The Morgan fingerprint density at radius 2 is 2.10 bits per heavy atom. The molecule has 0 aliphatic heterocycles. The topological polar surface area (TPSA) is 86.2 Å². The summed E-state index contributed by atoms with van der Waals surface area (Å²) in [4.78, 5) is 8.59. The molecule has 2 aromatic rings. The van der Waals surface area contributed by atoms with Crippen LogP contribution >= 0.6 is 0 Å². The van der Waals surface area contributed by atoms with Gasteiger partial charge in [0.1, 0.15) is 17.6 Å². The van der Waals surface area contributed by atoms with E-state index in [2.05, 4.69) is 29.1 Å². The predicted octanol–water partition coefficient (Wildman–Crippen LogP) is 3.17. The normalized spacial score (nSPS) is 12.4. The Kier molecular flexibility index (Phi) is 4.67. The molecule has 0 fully saturated rings. The molecule has 0 bridgehead atoms. The van der Waals surface area contributed by atoms with Crippen LogP contribution in [0.5, 0.6) is 5.88 Å². The molecule has 114 valence electrons. The van der Waals surface area contributed by atoms with Crippen LogP contribution in [0, 0.1) is 12.8 Å².